The molecular weight excluding hydrogens is 370 g/mol. The van der Waals surface area contributed by atoms with E-state index in [0.29, 0.717) is 30.3 Å². The number of anilines is 1. The van der Waals surface area contributed by atoms with Gasteiger partial charge in [0.1, 0.15) is 18.0 Å². The van der Waals surface area contributed by atoms with Crippen molar-refractivity contribution in [3.05, 3.63) is 65.6 Å². The largest absolute Gasteiger partial charge is 0.497 e. The second-order valence-corrected chi connectivity index (χ2v) is 6.47. The van der Waals surface area contributed by atoms with Crippen molar-refractivity contribution in [2.75, 3.05) is 32.8 Å². The van der Waals surface area contributed by atoms with Gasteiger partial charge in [0.15, 0.2) is 0 Å². The number of ether oxygens (including phenoxy) is 3. The number of pyridine rings is 1. The monoisotopic (exact) mass is 395 g/mol. The molecule has 0 unspecified atom stereocenters. The van der Waals surface area contributed by atoms with Gasteiger partial charge in [-0.15, -0.1) is 0 Å². The number of amides is 1. The van der Waals surface area contributed by atoms with Crippen molar-refractivity contribution in [2.45, 2.75) is 13.8 Å². The highest BCUT2D eigenvalue weighted by atomic mass is 16.5. The van der Waals surface area contributed by atoms with E-state index < -0.39 is 0 Å². The Morgan fingerprint density at radius 3 is 2.69 bits per heavy atom. The van der Waals surface area contributed by atoms with Crippen molar-refractivity contribution >= 4 is 11.6 Å². The maximum absolute atomic E-state index is 13.0. The van der Waals surface area contributed by atoms with Crippen molar-refractivity contribution in [1.29, 1.82) is 0 Å². The molecule has 1 aromatic carbocycles. The van der Waals surface area contributed by atoms with Crippen LogP contribution in [0.5, 0.6) is 11.6 Å². The zero-order chi connectivity index (χ0) is 20.8. The fraction of sp³-hybridized carbons (Fsp3) is 0.273. The lowest BCUT2D eigenvalue weighted by Crippen LogP contribution is -2.15. The molecule has 2 aromatic heterocycles. The molecule has 7 heteroatoms. The molecule has 29 heavy (non-hydrogen) atoms. The number of benzene rings is 1. The summed E-state index contributed by atoms with van der Waals surface area (Å²) in [6.07, 6.45) is 1.62. The number of hydrogen-bond donors (Lipinski definition) is 1. The lowest BCUT2D eigenvalue weighted by molar-refractivity contribution is 0.102. The Bertz CT molecular complexity index is 997. The first kappa shape index (κ1) is 20.4. The predicted molar refractivity (Wildman–Crippen MR) is 111 cm³/mol. The minimum absolute atomic E-state index is 0.225. The second kappa shape index (κ2) is 9.25. The molecule has 2 heterocycles. The number of rotatable bonds is 8. The highest BCUT2D eigenvalue weighted by molar-refractivity contribution is 6.06. The number of methoxy groups -OCH3 is 2. The van der Waals surface area contributed by atoms with Gasteiger partial charge in [-0.1, -0.05) is 6.07 Å². The first-order valence-corrected chi connectivity index (χ1v) is 9.26. The van der Waals surface area contributed by atoms with Crippen LogP contribution in [-0.2, 0) is 4.74 Å². The van der Waals surface area contributed by atoms with Gasteiger partial charge in [-0.2, -0.15) is 0 Å². The van der Waals surface area contributed by atoms with Crippen LogP contribution in [0.15, 0.2) is 48.7 Å². The van der Waals surface area contributed by atoms with Crippen molar-refractivity contribution in [3.8, 4) is 17.3 Å². The normalized spacial score (nSPS) is 10.6. The summed E-state index contributed by atoms with van der Waals surface area (Å²) < 4.78 is 17.9. The molecule has 7 nitrogen and oxygen atoms in total. The molecule has 0 spiro atoms. The molecule has 152 valence electrons. The van der Waals surface area contributed by atoms with Crippen LogP contribution in [0.25, 0.3) is 5.69 Å². The van der Waals surface area contributed by atoms with Gasteiger partial charge in [0.05, 0.1) is 19.3 Å². The third-order valence-electron chi connectivity index (χ3n) is 4.53. The molecule has 3 aromatic rings. The van der Waals surface area contributed by atoms with E-state index in [1.165, 1.54) is 0 Å². The van der Waals surface area contributed by atoms with E-state index in [2.05, 4.69) is 10.3 Å². The van der Waals surface area contributed by atoms with Crippen LogP contribution in [0.4, 0.5) is 5.69 Å². The first-order valence-electron chi connectivity index (χ1n) is 9.26. The molecule has 0 fully saturated rings. The molecular formula is C22H25N3O4. The maximum atomic E-state index is 13.0. The summed E-state index contributed by atoms with van der Waals surface area (Å²) in [5.41, 5.74) is 3.81. The Kier molecular flexibility index (Phi) is 6.51. The smallest absolute Gasteiger partial charge is 0.257 e. The standard InChI is InChI=1S/C22H25N3O4/c1-15-13-19(16(2)25(15)17-7-5-8-18(14-17)28-4)21(26)24-20-9-6-10-23-22(20)29-12-11-27-3/h5-10,13-14H,11-12H2,1-4H3,(H,24,26). The topological polar surface area (TPSA) is 74.6 Å². The average molecular weight is 395 g/mol. The van der Waals surface area contributed by atoms with Crippen LogP contribution in [0.1, 0.15) is 21.7 Å². The Balaban J connectivity index is 1.86. The quantitative estimate of drug-likeness (QED) is 0.588. The van der Waals surface area contributed by atoms with Crippen molar-refractivity contribution in [1.82, 2.24) is 9.55 Å². The molecule has 0 saturated carbocycles. The highest BCUT2D eigenvalue weighted by Gasteiger charge is 2.18. The van der Waals surface area contributed by atoms with Gasteiger partial charge in [0, 0.05) is 36.4 Å². The predicted octanol–water partition coefficient (Wildman–Crippen LogP) is 3.78. The van der Waals surface area contributed by atoms with E-state index in [0.717, 1.165) is 22.8 Å². The maximum Gasteiger partial charge on any atom is 0.257 e. The zero-order valence-corrected chi connectivity index (χ0v) is 17.1. The van der Waals surface area contributed by atoms with Crippen LogP contribution in [0.3, 0.4) is 0 Å². The van der Waals surface area contributed by atoms with Crippen LogP contribution in [0, 0.1) is 13.8 Å². The molecule has 1 amide bonds. The number of hydrogen-bond acceptors (Lipinski definition) is 5. The molecule has 3 rings (SSSR count). The summed E-state index contributed by atoms with van der Waals surface area (Å²) >= 11 is 0. The number of aromatic nitrogens is 2. The minimum Gasteiger partial charge on any atom is -0.497 e. The zero-order valence-electron chi connectivity index (χ0n) is 17.1. The minimum atomic E-state index is -0.225. The molecule has 0 aliphatic heterocycles. The van der Waals surface area contributed by atoms with Gasteiger partial charge in [-0.05, 0) is 44.2 Å². The van der Waals surface area contributed by atoms with E-state index in [9.17, 15) is 4.79 Å². The van der Waals surface area contributed by atoms with E-state index in [1.54, 1.807) is 32.5 Å². The van der Waals surface area contributed by atoms with E-state index in [-0.39, 0.29) is 5.91 Å². The third kappa shape index (κ3) is 4.57. The van der Waals surface area contributed by atoms with Gasteiger partial charge in [-0.25, -0.2) is 4.98 Å². The van der Waals surface area contributed by atoms with E-state index in [4.69, 9.17) is 14.2 Å². The lowest BCUT2D eigenvalue weighted by atomic mass is 10.2. The number of carbonyl (C=O) groups is 1. The number of carbonyl (C=O) groups excluding carboxylic acids is 1. The third-order valence-corrected chi connectivity index (χ3v) is 4.53. The van der Waals surface area contributed by atoms with Crippen LogP contribution >= 0.6 is 0 Å². The highest BCUT2D eigenvalue weighted by Crippen LogP contribution is 2.26. The van der Waals surface area contributed by atoms with E-state index in [1.807, 2.05) is 48.7 Å². The number of nitrogens with one attached hydrogen (secondary N) is 1. The summed E-state index contributed by atoms with van der Waals surface area (Å²) in [5, 5.41) is 2.90. The van der Waals surface area contributed by atoms with Gasteiger partial charge in [-0.3, -0.25) is 4.79 Å². The Morgan fingerprint density at radius 2 is 1.93 bits per heavy atom. The molecule has 0 aliphatic carbocycles. The second-order valence-electron chi connectivity index (χ2n) is 6.47. The summed E-state index contributed by atoms with van der Waals surface area (Å²) in [6, 6.07) is 13.1. The first-order chi connectivity index (χ1) is 14.0. The Labute approximate surface area is 170 Å². The molecule has 1 N–H and O–H groups in total. The van der Waals surface area contributed by atoms with Crippen LogP contribution in [0.2, 0.25) is 0 Å². The van der Waals surface area contributed by atoms with Crippen LogP contribution < -0.4 is 14.8 Å². The fourth-order valence-electron chi connectivity index (χ4n) is 3.15. The van der Waals surface area contributed by atoms with Gasteiger partial charge >= 0.3 is 0 Å². The number of nitrogens with zero attached hydrogens (tertiary/aromatic N) is 2. The van der Waals surface area contributed by atoms with Gasteiger partial charge in [0.2, 0.25) is 5.88 Å². The van der Waals surface area contributed by atoms with Gasteiger partial charge < -0.3 is 24.1 Å². The summed E-state index contributed by atoms with van der Waals surface area (Å²) in [7, 11) is 3.23. The SMILES string of the molecule is COCCOc1ncccc1NC(=O)c1cc(C)n(-c2cccc(OC)c2)c1C. The molecule has 0 aliphatic rings. The summed E-state index contributed by atoms with van der Waals surface area (Å²) in [5.74, 6) is 0.894. The van der Waals surface area contributed by atoms with Gasteiger partial charge in [0.25, 0.3) is 5.91 Å². The van der Waals surface area contributed by atoms with Crippen molar-refractivity contribution < 1.29 is 19.0 Å². The molecule has 0 atom stereocenters. The molecule has 0 radical (unpaired) electrons. The molecule has 0 saturated heterocycles. The molecule has 0 bridgehead atoms. The van der Waals surface area contributed by atoms with Crippen LogP contribution in [-0.4, -0.2) is 42.9 Å². The van der Waals surface area contributed by atoms with Crippen molar-refractivity contribution in [2.24, 2.45) is 0 Å². The average Bonchev–Trinajstić information content (AvgIpc) is 3.03. The Morgan fingerprint density at radius 1 is 1.10 bits per heavy atom. The fourth-order valence-corrected chi connectivity index (χ4v) is 3.15. The van der Waals surface area contributed by atoms with Crippen molar-refractivity contribution in [3.63, 3.8) is 0 Å². The Hall–Kier alpha value is -3.32. The lowest BCUT2D eigenvalue weighted by Gasteiger charge is -2.12. The summed E-state index contributed by atoms with van der Waals surface area (Å²) in [4.78, 5) is 17.2. The van der Waals surface area contributed by atoms with E-state index >= 15 is 0 Å². The summed E-state index contributed by atoms with van der Waals surface area (Å²) in [6.45, 7) is 4.67. The number of aryl methyl sites for hydroxylation is 1.